The van der Waals surface area contributed by atoms with Crippen LogP contribution in [0.3, 0.4) is 0 Å². The van der Waals surface area contributed by atoms with Gasteiger partial charge in [0.25, 0.3) is 0 Å². The van der Waals surface area contributed by atoms with Gasteiger partial charge in [0, 0.05) is 11.5 Å². The van der Waals surface area contributed by atoms with Gasteiger partial charge in [0.15, 0.2) is 0 Å². The first-order valence-electron chi connectivity index (χ1n) is 6.80. The van der Waals surface area contributed by atoms with Gasteiger partial charge >= 0.3 is 0 Å². The van der Waals surface area contributed by atoms with Crippen LogP contribution >= 0.6 is 0 Å². The summed E-state index contributed by atoms with van der Waals surface area (Å²) in [6, 6.07) is 4.89. The highest BCUT2D eigenvalue weighted by Crippen LogP contribution is 2.27. The summed E-state index contributed by atoms with van der Waals surface area (Å²) in [4.78, 5) is 8.81. The molecule has 0 amide bonds. The Kier molecular flexibility index (Phi) is 4.37. The van der Waals surface area contributed by atoms with E-state index in [9.17, 15) is 4.39 Å². The highest BCUT2D eigenvalue weighted by atomic mass is 19.1. The lowest BCUT2D eigenvalue weighted by molar-refractivity contribution is 0.631. The Morgan fingerprint density at radius 3 is 2.43 bits per heavy atom. The van der Waals surface area contributed by atoms with Crippen molar-refractivity contribution < 1.29 is 4.39 Å². The van der Waals surface area contributed by atoms with Crippen LogP contribution in [-0.4, -0.2) is 9.97 Å². The van der Waals surface area contributed by atoms with Gasteiger partial charge in [-0.15, -0.1) is 0 Å². The number of aromatic nitrogens is 2. The third-order valence-corrected chi connectivity index (χ3v) is 3.19. The molecule has 1 aromatic heterocycles. The number of nitrogens with two attached hydrogens (primary N) is 1. The molecule has 0 spiro atoms. The van der Waals surface area contributed by atoms with E-state index in [0.29, 0.717) is 23.1 Å². The topological polar surface area (TPSA) is 75.9 Å². The van der Waals surface area contributed by atoms with E-state index in [4.69, 9.17) is 5.84 Å². The van der Waals surface area contributed by atoms with E-state index in [1.807, 2.05) is 27.7 Å². The SMILES string of the molecule is Cc1ccc(F)c(Nc2nc(C(C)C)nc(NN)c2C)c1. The van der Waals surface area contributed by atoms with E-state index in [1.54, 1.807) is 12.1 Å². The lowest BCUT2D eigenvalue weighted by atomic mass is 10.2. The molecule has 0 radical (unpaired) electrons. The second-order valence-electron chi connectivity index (χ2n) is 5.31. The molecule has 2 rings (SSSR count). The van der Waals surface area contributed by atoms with Crippen molar-refractivity contribution in [1.82, 2.24) is 9.97 Å². The number of aryl methyl sites for hydroxylation is 1. The third kappa shape index (κ3) is 3.28. The summed E-state index contributed by atoms with van der Waals surface area (Å²) >= 11 is 0. The first-order chi connectivity index (χ1) is 9.92. The van der Waals surface area contributed by atoms with E-state index in [2.05, 4.69) is 20.7 Å². The van der Waals surface area contributed by atoms with Crippen molar-refractivity contribution in [3.63, 3.8) is 0 Å². The van der Waals surface area contributed by atoms with Gasteiger partial charge in [0.2, 0.25) is 0 Å². The molecular weight excluding hydrogens is 269 g/mol. The number of rotatable bonds is 4. The zero-order chi connectivity index (χ0) is 15.6. The van der Waals surface area contributed by atoms with Gasteiger partial charge in [-0.05, 0) is 31.5 Å². The highest BCUT2D eigenvalue weighted by Gasteiger charge is 2.14. The lowest BCUT2D eigenvalue weighted by Crippen LogP contribution is -2.14. The molecule has 0 atom stereocenters. The second kappa shape index (κ2) is 6.05. The number of halogens is 1. The predicted octanol–water partition coefficient (Wildman–Crippen LogP) is 3.39. The van der Waals surface area contributed by atoms with Gasteiger partial charge in [-0.1, -0.05) is 19.9 Å². The molecule has 0 saturated carbocycles. The van der Waals surface area contributed by atoms with Crippen LogP contribution in [-0.2, 0) is 0 Å². The van der Waals surface area contributed by atoms with Crippen molar-refractivity contribution in [2.24, 2.45) is 5.84 Å². The first kappa shape index (κ1) is 15.2. The van der Waals surface area contributed by atoms with Crippen LogP contribution in [0.1, 0.15) is 36.7 Å². The second-order valence-corrected chi connectivity index (χ2v) is 5.31. The molecule has 1 aromatic carbocycles. The Balaban J connectivity index is 2.47. The predicted molar refractivity (Wildman–Crippen MR) is 83.1 cm³/mol. The normalized spacial score (nSPS) is 10.8. The van der Waals surface area contributed by atoms with Crippen LogP contribution in [0.4, 0.5) is 21.7 Å². The number of benzene rings is 1. The summed E-state index contributed by atoms with van der Waals surface area (Å²) < 4.78 is 13.9. The molecule has 112 valence electrons. The van der Waals surface area contributed by atoms with Crippen molar-refractivity contribution in [3.05, 3.63) is 41.0 Å². The molecule has 0 aliphatic rings. The van der Waals surface area contributed by atoms with E-state index < -0.39 is 0 Å². The number of hydrogen-bond donors (Lipinski definition) is 3. The van der Waals surface area contributed by atoms with Gasteiger partial charge < -0.3 is 10.7 Å². The van der Waals surface area contributed by atoms with Gasteiger partial charge in [0.1, 0.15) is 23.3 Å². The molecule has 0 bridgehead atoms. The van der Waals surface area contributed by atoms with Crippen LogP contribution in [0.2, 0.25) is 0 Å². The molecule has 0 fully saturated rings. The minimum absolute atomic E-state index is 0.139. The van der Waals surface area contributed by atoms with Crippen molar-refractivity contribution in [2.75, 3.05) is 10.7 Å². The van der Waals surface area contributed by atoms with Gasteiger partial charge in [0.05, 0.1) is 5.69 Å². The van der Waals surface area contributed by atoms with Gasteiger partial charge in [-0.2, -0.15) is 0 Å². The molecule has 0 aliphatic carbocycles. The summed E-state index contributed by atoms with van der Waals surface area (Å²) in [7, 11) is 0. The van der Waals surface area contributed by atoms with Crippen LogP contribution in [0.15, 0.2) is 18.2 Å². The summed E-state index contributed by atoms with van der Waals surface area (Å²) in [5, 5.41) is 3.03. The molecule has 21 heavy (non-hydrogen) atoms. The van der Waals surface area contributed by atoms with Gasteiger partial charge in [-0.3, -0.25) is 0 Å². The molecule has 0 aliphatic heterocycles. The summed E-state index contributed by atoms with van der Waals surface area (Å²) in [5.41, 5.74) is 4.65. The first-order valence-corrected chi connectivity index (χ1v) is 6.80. The number of hydrogen-bond acceptors (Lipinski definition) is 5. The molecule has 5 nitrogen and oxygen atoms in total. The maximum absolute atomic E-state index is 13.9. The number of nitrogens with one attached hydrogen (secondary N) is 2. The lowest BCUT2D eigenvalue weighted by Gasteiger charge is -2.15. The Hall–Kier alpha value is -2.21. The Morgan fingerprint density at radius 2 is 1.81 bits per heavy atom. The van der Waals surface area contributed by atoms with Crippen molar-refractivity contribution in [1.29, 1.82) is 0 Å². The highest BCUT2D eigenvalue weighted by molar-refractivity contribution is 5.65. The molecule has 4 N–H and O–H groups in total. The third-order valence-electron chi connectivity index (χ3n) is 3.19. The molecule has 6 heteroatoms. The average Bonchev–Trinajstić information content (AvgIpc) is 2.44. The summed E-state index contributed by atoms with van der Waals surface area (Å²) in [6.45, 7) is 7.71. The molecule has 0 saturated heterocycles. The summed E-state index contributed by atoms with van der Waals surface area (Å²) in [5.74, 6) is 7.03. The maximum atomic E-state index is 13.9. The van der Waals surface area contributed by atoms with Crippen LogP contribution in [0.25, 0.3) is 0 Å². The number of hydrazine groups is 1. The fourth-order valence-corrected chi connectivity index (χ4v) is 1.92. The zero-order valence-corrected chi connectivity index (χ0v) is 12.7. The minimum atomic E-state index is -0.327. The quantitative estimate of drug-likeness (QED) is 0.594. The Morgan fingerprint density at radius 1 is 1.14 bits per heavy atom. The fourth-order valence-electron chi connectivity index (χ4n) is 1.92. The largest absolute Gasteiger partial charge is 0.337 e. The van der Waals surface area contributed by atoms with Crippen molar-refractivity contribution in [2.45, 2.75) is 33.6 Å². The molecule has 2 aromatic rings. The van der Waals surface area contributed by atoms with Crippen molar-refractivity contribution in [3.8, 4) is 0 Å². The van der Waals surface area contributed by atoms with Gasteiger partial charge in [-0.25, -0.2) is 20.2 Å². The minimum Gasteiger partial charge on any atom is -0.337 e. The number of nitrogen functional groups attached to an aromatic ring is 1. The standard InChI is InChI=1S/C15H20FN5/c1-8(2)13-19-14(10(4)15(20-13)21-17)18-12-7-9(3)5-6-11(12)16/h5-8H,17H2,1-4H3,(H2,18,19,20,21). The Labute approximate surface area is 123 Å². The van der Waals surface area contributed by atoms with E-state index >= 15 is 0 Å². The van der Waals surface area contributed by atoms with E-state index in [0.717, 1.165) is 11.1 Å². The van der Waals surface area contributed by atoms with Crippen LogP contribution < -0.4 is 16.6 Å². The maximum Gasteiger partial charge on any atom is 0.148 e. The van der Waals surface area contributed by atoms with Crippen molar-refractivity contribution >= 4 is 17.3 Å². The van der Waals surface area contributed by atoms with Crippen LogP contribution in [0, 0.1) is 19.7 Å². The molecule has 0 unspecified atom stereocenters. The zero-order valence-electron chi connectivity index (χ0n) is 12.7. The van der Waals surface area contributed by atoms with Crippen LogP contribution in [0.5, 0.6) is 0 Å². The average molecular weight is 289 g/mol. The Bertz CT molecular complexity index is 655. The van der Waals surface area contributed by atoms with E-state index in [-0.39, 0.29) is 11.7 Å². The summed E-state index contributed by atoms with van der Waals surface area (Å²) in [6.07, 6.45) is 0. The number of nitrogens with zero attached hydrogens (tertiary/aromatic N) is 2. The smallest absolute Gasteiger partial charge is 0.148 e. The molecule has 1 heterocycles. The number of anilines is 3. The fraction of sp³-hybridized carbons (Fsp3) is 0.333. The van der Waals surface area contributed by atoms with E-state index in [1.165, 1.54) is 6.07 Å². The monoisotopic (exact) mass is 289 g/mol. The molecular formula is C15H20FN5.